The maximum atomic E-state index is 2.81. The molecule has 68 heavy (non-hydrogen) atoms. The molecule has 0 saturated carbocycles. The molecule has 0 heterocycles. The Bertz CT molecular complexity index is 1620. The molecule has 0 spiro atoms. The van der Waals surface area contributed by atoms with E-state index in [1.54, 1.807) is 63.6 Å². The van der Waals surface area contributed by atoms with E-state index in [2.05, 4.69) is 143 Å². The van der Waals surface area contributed by atoms with E-state index in [4.69, 9.17) is 0 Å². The van der Waals surface area contributed by atoms with Gasteiger partial charge in [0, 0.05) is 0 Å². The molecule has 0 saturated heterocycles. The largest absolute Gasteiger partial charge is 1.00 e. The molecular formula is C63H99Cl3SiTi. The summed E-state index contributed by atoms with van der Waals surface area (Å²) in [5.74, 6) is 0. The maximum absolute atomic E-state index is 2.86. The monoisotopic (exact) mass is 1040 g/mol. The average Bonchev–Trinajstić information content (AvgIpc) is 3.69. The van der Waals surface area contributed by atoms with Gasteiger partial charge in [-0.25, -0.2) is 0 Å². The van der Waals surface area contributed by atoms with Crippen molar-refractivity contribution in [2.45, 2.75) is 261 Å². The van der Waals surface area contributed by atoms with Gasteiger partial charge in [0.25, 0.3) is 0 Å². The van der Waals surface area contributed by atoms with Crippen LogP contribution < -0.4 is 52.8 Å². The van der Waals surface area contributed by atoms with Gasteiger partial charge in [0.1, 0.15) is 0 Å². The topological polar surface area (TPSA) is 0 Å². The van der Waals surface area contributed by atoms with Crippen LogP contribution in [-0.2, 0) is 59.0 Å². The second kappa shape index (κ2) is 36.0. The number of halogens is 3. The van der Waals surface area contributed by atoms with E-state index < -0.39 is 8.07 Å². The maximum Gasteiger partial charge on any atom is -1.00 e. The molecule has 0 fully saturated rings. The van der Waals surface area contributed by atoms with Crippen molar-refractivity contribution < 1.29 is 57.7 Å². The number of hydrogen-bond acceptors (Lipinski definition) is 0. The van der Waals surface area contributed by atoms with Gasteiger partial charge >= 0.3 is 420 Å². The van der Waals surface area contributed by atoms with E-state index in [0.717, 1.165) is 6.42 Å². The minimum absolute atomic E-state index is 0. The van der Waals surface area contributed by atoms with Gasteiger partial charge in [0.15, 0.2) is 0 Å². The van der Waals surface area contributed by atoms with Crippen molar-refractivity contribution in [3.63, 3.8) is 0 Å². The first kappa shape index (κ1) is 65.0. The van der Waals surface area contributed by atoms with E-state index >= 15 is 0 Å². The molecule has 0 aliphatic heterocycles. The van der Waals surface area contributed by atoms with Crippen molar-refractivity contribution in [3.05, 3.63) is 109 Å². The third-order valence-corrected chi connectivity index (χ3v) is 20.8. The summed E-state index contributed by atoms with van der Waals surface area (Å²) < 4.78 is 1.61. The number of hydrogen-bond donors (Lipinski definition) is 0. The number of benzene rings is 3. The zero-order chi connectivity index (χ0) is 46.9. The molecule has 0 N–H and O–H groups in total. The van der Waals surface area contributed by atoms with Crippen molar-refractivity contribution in [2.75, 3.05) is 0 Å². The second-order valence-corrected chi connectivity index (χ2v) is 26.3. The minimum atomic E-state index is -2.86. The predicted octanol–water partition coefficient (Wildman–Crippen LogP) is 8.62. The Morgan fingerprint density at radius 3 is 0.794 bits per heavy atom. The van der Waals surface area contributed by atoms with Gasteiger partial charge in [-0.3, -0.25) is 0 Å². The second-order valence-electron chi connectivity index (χ2n) is 21.7. The summed E-state index contributed by atoms with van der Waals surface area (Å²) in [6.45, 7) is 21.6. The van der Waals surface area contributed by atoms with Gasteiger partial charge in [0.05, 0.1) is 0 Å². The first-order chi connectivity index (χ1) is 31.5. The van der Waals surface area contributed by atoms with E-state index in [1.165, 1.54) is 193 Å². The van der Waals surface area contributed by atoms with Gasteiger partial charge < -0.3 is 37.2 Å². The van der Waals surface area contributed by atoms with E-state index in [9.17, 15) is 0 Å². The molecule has 0 atom stereocenters. The Labute approximate surface area is 453 Å². The van der Waals surface area contributed by atoms with E-state index in [0.29, 0.717) is 0 Å². The number of rotatable bonds is 34. The number of unbranched alkanes of at least 4 members (excludes halogenated alkanes) is 18. The first-order valence-corrected chi connectivity index (χ1v) is 30.9. The summed E-state index contributed by atoms with van der Waals surface area (Å²) in [4.78, 5) is 0. The molecule has 1 aliphatic carbocycles. The van der Waals surface area contributed by atoms with Crippen molar-refractivity contribution >= 4 is 23.6 Å². The SMILES string of the molecule is CCCCCCc1cc(CCCCCC)cc([Si](C2=[C]([Ti+3])C(C(C)(C)C)=CC2)(c2cc(CCCCCC)cc(CCCCCC)c2)c2cc(CCCCCC)cc(CCCCCC)c2)c1.[Cl-].[Cl-].[Cl-]. The van der Waals surface area contributed by atoms with Gasteiger partial charge in [0.2, 0.25) is 0 Å². The van der Waals surface area contributed by atoms with Crippen LogP contribution in [0.25, 0.3) is 0 Å². The zero-order valence-electron chi connectivity index (χ0n) is 45.3. The smallest absolute Gasteiger partial charge is 1.00 e. The van der Waals surface area contributed by atoms with Crippen LogP contribution in [-0.4, -0.2) is 8.07 Å². The van der Waals surface area contributed by atoms with Crippen molar-refractivity contribution in [1.29, 1.82) is 0 Å². The molecule has 3 aromatic carbocycles. The molecule has 4 rings (SSSR count). The van der Waals surface area contributed by atoms with Crippen molar-refractivity contribution in [3.8, 4) is 0 Å². The fourth-order valence-corrected chi connectivity index (χ4v) is 18.1. The van der Waals surface area contributed by atoms with E-state index in [1.807, 2.05) is 0 Å². The third kappa shape index (κ3) is 20.5. The van der Waals surface area contributed by atoms with Crippen LogP contribution in [0.4, 0.5) is 0 Å². The molecule has 0 nitrogen and oxygen atoms in total. The van der Waals surface area contributed by atoms with Gasteiger partial charge in [-0.1, -0.05) is 0 Å². The summed E-state index contributed by atoms with van der Waals surface area (Å²) in [6, 6.07) is 24.9. The predicted molar refractivity (Wildman–Crippen MR) is 290 cm³/mol. The Morgan fingerprint density at radius 2 is 0.603 bits per heavy atom. The summed E-state index contributed by atoms with van der Waals surface area (Å²) in [7, 11) is -2.86. The van der Waals surface area contributed by atoms with Gasteiger partial charge in [-0.15, -0.1) is 0 Å². The van der Waals surface area contributed by atoms with Crippen LogP contribution in [0, 0.1) is 5.41 Å². The molecule has 0 radical (unpaired) electrons. The molecule has 0 unspecified atom stereocenters. The summed E-state index contributed by atoms with van der Waals surface area (Å²) in [6.07, 6.45) is 42.5. The Kier molecular flexibility index (Phi) is 34.3. The first-order valence-electron chi connectivity index (χ1n) is 28.1. The molecule has 0 bridgehead atoms. The fourth-order valence-electron chi connectivity index (χ4n) is 11.0. The Morgan fingerprint density at radius 1 is 0.368 bits per heavy atom. The quantitative estimate of drug-likeness (QED) is 0.0320. The molecular weight excluding hydrogens is 939 g/mol. The van der Waals surface area contributed by atoms with Gasteiger partial charge in [-0.05, 0) is 0 Å². The van der Waals surface area contributed by atoms with Crippen LogP contribution in [0.2, 0.25) is 0 Å². The summed E-state index contributed by atoms with van der Waals surface area (Å²) in [5, 5.41) is 6.85. The van der Waals surface area contributed by atoms with Gasteiger partial charge in [-0.2, -0.15) is 0 Å². The molecule has 0 amide bonds. The molecule has 5 heteroatoms. The molecule has 380 valence electrons. The summed E-state index contributed by atoms with van der Waals surface area (Å²) >= 11 is 2.56. The zero-order valence-corrected chi connectivity index (χ0v) is 50.2. The van der Waals surface area contributed by atoms with Crippen molar-refractivity contribution in [1.82, 2.24) is 0 Å². The Hall–Kier alpha value is -1.06. The van der Waals surface area contributed by atoms with Crippen LogP contribution in [0.15, 0.2) is 75.3 Å². The Balaban J connectivity index is 0.00000771. The van der Waals surface area contributed by atoms with E-state index in [-0.39, 0.29) is 42.6 Å². The number of aryl methyl sites for hydroxylation is 6. The average molecular weight is 1040 g/mol. The number of allylic oxidation sites excluding steroid dienone is 4. The minimum Gasteiger partial charge on any atom is -1.00 e. The third-order valence-electron chi connectivity index (χ3n) is 14.7. The van der Waals surface area contributed by atoms with Crippen LogP contribution in [0.3, 0.4) is 0 Å². The fraction of sp³-hybridized carbons (Fsp3) is 0.651. The molecule has 3 aromatic rings. The standard InChI is InChI=1S/C63H99Si.3ClH.Ti/c1-10-16-22-28-34-52-42-53(35-29-23-17-11-2)46-60(45-52)64(59-41-40-58(51-59)63(7,8)9,61-47-54(36-30-24-18-12-3)43-55(48-61)37-31-25-19-13-4)62-49-56(38-32-26-20-14-5)44-57(50-62)39-33-27-21-15-6;;;;/h40,42-50H,10-39,41H2,1-9H3;3*1H;/q;;;;+3/p-3. The van der Waals surface area contributed by atoms with Crippen LogP contribution in [0.5, 0.6) is 0 Å². The summed E-state index contributed by atoms with van der Waals surface area (Å²) in [5.41, 5.74) is 11.3. The van der Waals surface area contributed by atoms with Crippen LogP contribution >= 0.6 is 0 Å². The molecule has 1 aliphatic rings. The molecule has 0 aromatic heterocycles. The van der Waals surface area contributed by atoms with Crippen molar-refractivity contribution in [2.24, 2.45) is 5.41 Å². The van der Waals surface area contributed by atoms with Crippen LogP contribution in [0.1, 0.15) is 256 Å². The normalized spacial score (nSPS) is 12.8.